The van der Waals surface area contributed by atoms with E-state index in [0.29, 0.717) is 6.42 Å². The van der Waals surface area contributed by atoms with Crippen molar-refractivity contribution in [3.63, 3.8) is 0 Å². The lowest BCUT2D eigenvalue weighted by molar-refractivity contribution is 0.589. The average Bonchev–Trinajstić information content (AvgIpc) is 2.69. The number of aromatic nitrogens is 2. The fraction of sp³-hybridized carbons (Fsp3) is 0.474. The zero-order valence-corrected chi connectivity index (χ0v) is 14.4. The molecule has 116 valence electrons. The van der Waals surface area contributed by atoms with Gasteiger partial charge in [-0.3, -0.25) is 4.68 Å². The van der Waals surface area contributed by atoms with Crippen LogP contribution in [0.3, 0.4) is 0 Å². The van der Waals surface area contributed by atoms with Gasteiger partial charge in [-0.05, 0) is 36.0 Å². The van der Waals surface area contributed by atoms with E-state index in [2.05, 4.69) is 63.1 Å². The van der Waals surface area contributed by atoms with E-state index >= 15 is 0 Å². The Bertz CT molecular complexity index is 694. The standard InChI is InChI=1S/C19H25N3/c1-13-14(2)21-22(6)18(13)11-16(12-20)15-7-9-17(10-8-15)19(3,4)5/h7-10,16H,11H2,1-6H3. The Morgan fingerprint density at radius 2 is 1.77 bits per heavy atom. The summed E-state index contributed by atoms with van der Waals surface area (Å²) in [6.45, 7) is 10.7. The highest BCUT2D eigenvalue weighted by Gasteiger charge is 2.19. The molecule has 0 bridgehead atoms. The van der Waals surface area contributed by atoms with Gasteiger partial charge in [-0.2, -0.15) is 10.4 Å². The van der Waals surface area contributed by atoms with Crippen LogP contribution in [0.15, 0.2) is 24.3 Å². The van der Waals surface area contributed by atoms with Gasteiger partial charge in [-0.1, -0.05) is 45.0 Å². The Labute approximate surface area is 133 Å². The number of hydrogen-bond acceptors (Lipinski definition) is 2. The maximum atomic E-state index is 9.58. The van der Waals surface area contributed by atoms with E-state index in [-0.39, 0.29) is 11.3 Å². The van der Waals surface area contributed by atoms with Gasteiger partial charge < -0.3 is 0 Å². The molecule has 1 heterocycles. The van der Waals surface area contributed by atoms with Gasteiger partial charge in [0.1, 0.15) is 0 Å². The average molecular weight is 295 g/mol. The Hall–Kier alpha value is -2.08. The molecule has 1 aromatic carbocycles. The van der Waals surface area contributed by atoms with Gasteiger partial charge in [0.2, 0.25) is 0 Å². The van der Waals surface area contributed by atoms with Gasteiger partial charge in [0.15, 0.2) is 0 Å². The SMILES string of the molecule is Cc1nn(C)c(CC(C#N)c2ccc(C(C)(C)C)cc2)c1C. The molecule has 0 fully saturated rings. The summed E-state index contributed by atoms with van der Waals surface area (Å²) in [6.07, 6.45) is 0.703. The van der Waals surface area contributed by atoms with Gasteiger partial charge in [0.05, 0.1) is 17.7 Å². The van der Waals surface area contributed by atoms with Crippen LogP contribution >= 0.6 is 0 Å². The highest BCUT2D eigenvalue weighted by molar-refractivity contribution is 5.34. The third-order valence-corrected chi connectivity index (χ3v) is 4.40. The molecule has 1 unspecified atom stereocenters. The molecule has 22 heavy (non-hydrogen) atoms. The van der Waals surface area contributed by atoms with Gasteiger partial charge in [-0.15, -0.1) is 0 Å². The molecule has 0 aliphatic rings. The van der Waals surface area contributed by atoms with Gasteiger partial charge in [0.25, 0.3) is 0 Å². The Balaban J connectivity index is 2.28. The summed E-state index contributed by atoms with van der Waals surface area (Å²) in [5.41, 5.74) is 5.88. The highest BCUT2D eigenvalue weighted by atomic mass is 15.3. The summed E-state index contributed by atoms with van der Waals surface area (Å²) in [4.78, 5) is 0. The lowest BCUT2D eigenvalue weighted by Crippen LogP contribution is -2.11. The topological polar surface area (TPSA) is 41.6 Å². The molecule has 0 aliphatic carbocycles. The van der Waals surface area contributed by atoms with Crippen LogP contribution in [0.1, 0.15) is 54.8 Å². The van der Waals surface area contributed by atoms with Crippen LogP contribution in [0.5, 0.6) is 0 Å². The minimum Gasteiger partial charge on any atom is -0.272 e. The summed E-state index contributed by atoms with van der Waals surface area (Å²) >= 11 is 0. The number of aryl methyl sites for hydroxylation is 2. The summed E-state index contributed by atoms with van der Waals surface area (Å²) in [6, 6.07) is 10.9. The zero-order chi connectivity index (χ0) is 16.5. The Kier molecular flexibility index (Phi) is 4.42. The quantitative estimate of drug-likeness (QED) is 0.852. The first kappa shape index (κ1) is 16.3. The fourth-order valence-corrected chi connectivity index (χ4v) is 2.74. The number of rotatable bonds is 3. The summed E-state index contributed by atoms with van der Waals surface area (Å²) in [7, 11) is 1.95. The highest BCUT2D eigenvalue weighted by Crippen LogP contribution is 2.27. The van der Waals surface area contributed by atoms with Gasteiger partial charge in [-0.25, -0.2) is 0 Å². The Morgan fingerprint density at radius 3 is 2.18 bits per heavy atom. The second-order valence-corrected chi connectivity index (χ2v) is 7.04. The maximum absolute atomic E-state index is 9.58. The first-order valence-corrected chi connectivity index (χ1v) is 7.73. The van der Waals surface area contributed by atoms with Crippen molar-refractivity contribution in [1.82, 2.24) is 9.78 Å². The molecule has 0 aliphatic heterocycles. The molecule has 3 nitrogen and oxygen atoms in total. The molecule has 2 rings (SSSR count). The lowest BCUT2D eigenvalue weighted by atomic mass is 9.85. The van der Waals surface area contributed by atoms with E-state index in [9.17, 15) is 5.26 Å². The van der Waals surface area contributed by atoms with Crippen LogP contribution in [0, 0.1) is 25.2 Å². The van der Waals surface area contributed by atoms with Crippen LogP contribution in [0.2, 0.25) is 0 Å². The van der Waals surface area contributed by atoms with E-state index in [1.165, 1.54) is 11.1 Å². The first-order chi connectivity index (χ1) is 10.2. The molecular formula is C19H25N3. The number of nitrogens with zero attached hydrogens (tertiary/aromatic N) is 3. The lowest BCUT2D eigenvalue weighted by Gasteiger charge is -2.20. The molecule has 2 aromatic rings. The normalized spacial score (nSPS) is 13.0. The summed E-state index contributed by atoms with van der Waals surface area (Å²) in [5, 5.41) is 14.0. The van der Waals surface area contributed by atoms with Crippen molar-refractivity contribution in [1.29, 1.82) is 5.26 Å². The van der Waals surface area contributed by atoms with E-state index < -0.39 is 0 Å². The largest absolute Gasteiger partial charge is 0.272 e. The van der Waals surface area contributed by atoms with Crippen molar-refractivity contribution < 1.29 is 0 Å². The summed E-state index contributed by atoms with van der Waals surface area (Å²) in [5.74, 6) is -0.137. The third kappa shape index (κ3) is 3.22. The van der Waals surface area contributed by atoms with E-state index in [1.54, 1.807) is 0 Å². The molecule has 0 amide bonds. The van der Waals surface area contributed by atoms with Crippen LogP contribution < -0.4 is 0 Å². The molecule has 0 spiro atoms. The predicted octanol–water partition coefficient (Wildman–Crippen LogP) is 4.18. The predicted molar refractivity (Wildman–Crippen MR) is 89.9 cm³/mol. The smallest absolute Gasteiger partial charge is 0.0768 e. The molecule has 0 radical (unpaired) electrons. The van der Waals surface area contributed by atoms with Crippen LogP contribution in [0.4, 0.5) is 0 Å². The van der Waals surface area contributed by atoms with Crippen LogP contribution in [-0.2, 0) is 18.9 Å². The van der Waals surface area contributed by atoms with Crippen molar-refractivity contribution in [2.24, 2.45) is 7.05 Å². The van der Waals surface area contributed by atoms with E-state index in [1.807, 2.05) is 18.7 Å². The second kappa shape index (κ2) is 5.96. The monoisotopic (exact) mass is 295 g/mol. The molecule has 3 heteroatoms. The second-order valence-electron chi connectivity index (χ2n) is 7.04. The minimum atomic E-state index is -0.137. The molecule has 0 saturated carbocycles. The number of benzene rings is 1. The van der Waals surface area contributed by atoms with E-state index in [4.69, 9.17) is 0 Å². The Morgan fingerprint density at radius 1 is 1.18 bits per heavy atom. The first-order valence-electron chi connectivity index (χ1n) is 7.73. The molecular weight excluding hydrogens is 270 g/mol. The van der Waals surface area contributed by atoms with Crippen molar-refractivity contribution in [3.8, 4) is 6.07 Å². The van der Waals surface area contributed by atoms with Crippen molar-refractivity contribution in [2.75, 3.05) is 0 Å². The molecule has 1 atom stereocenters. The summed E-state index contributed by atoms with van der Waals surface area (Å²) < 4.78 is 1.90. The molecule has 1 aromatic heterocycles. The number of hydrogen-bond donors (Lipinski definition) is 0. The van der Waals surface area contributed by atoms with Crippen molar-refractivity contribution >= 4 is 0 Å². The van der Waals surface area contributed by atoms with E-state index in [0.717, 1.165) is 17.0 Å². The maximum Gasteiger partial charge on any atom is 0.0768 e. The minimum absolute atomic E-state index is 0.135. The van der Waals surface area contributed by atoms with Crippen molar-refractivity contribution in [3.05, 3.63) is 52.3 Å². The van der Waals surface area contributed by atoms with Gasteiger partial charge in [0, 0.05) is 19.2 Å². The number of nitriles is 1. The third-order valence-electron chi connectivity index (χ3n) is 4.40. The van der Waals surface area contributed by atoms with Crippen LogP contribution in [0.25, 0.3) is 0 Å². The van der Waals surface area contributed by atoms with Crippen molar-refractivity contribution in [2.45, 2.75) is 52.4 Å². The fourth-order valence-electron chi connectivity index (χ4n) is 2.74. The van der Waals surface area contributed by atoms with Crippen LogP contribution in [-0.4, -0.2) is 9.78 Å². The molecule has 0 saturated heterocycles. The zero-order valence-electron chi connectivity index (χ0n) is 14.4. The van der Waals surface area contributed by atoms with Gasteiger partial charge >= 0.3 is 0 Å². The molecule has 0 N–H and O–H groups in total.